The summed E-state index contributed by atoms with van der Waals surface area (Å²) in [6, 6.07) is 5.79. The molecule has 0 unspecified atom stereocenters. The highest BCUT2D eigenvalue weighted by Gasteiger charge is 1.94. The smallest absolute Gasteiger partial charge is 0.0409 e. The molecule has 0 bridgehead atoms. The Hall–Kier alpha value is -0.930. The molecule has 68 valence electrons. The van der Waals surface area contributed by atoms with Gasteiger partial charge in [0.1, 0.15) is 0 Å². The first kappa shape index (κ1) is 10.2. The molecule has 1 aromatic carbocycles. The monoisotopic (exact) mass is 192 g/mol. The van der Waals surface area contributed by atoms with E-state index in [1.165, 1.54) is 0 Å². The van der Waals surface area contributed by atoms with Crippen molar-refractivity contribution >= 4 is 11.6 Å². The van der Waals surface area contributed by atoms with Crippen LogP contribution in [0.2, 0.25) is 5.02 Å². The fourth-order valence-corrected chi connectivity index (χ4v) is 1.28. The maximum Gasteiger partial charge on any atom is 0.0409 e. The van der Waals surface area contributed by atoms with E-state index in [1.54, 1.807) is 0 Å². The Bertz CT molecular complexity index is 342. The van der Waals surface area contributed by atoms with Gasteiger partial charge in [0.05, 0.1) is 0 Å². The molecule has 0 fully saturated rings. The lowest BCUT2D eigenvalue weighted by molar-refractivity contribution is 0.983. The number of hydrogen-bond donors (Lipinski definition) is 0. The average molecular weight is 193 g/mol. The first-order valence-corrected chi connectivity index (χ1v) is 4.87. The van der Waals surface area contributed by atoms with E-state index >= 15 is 0 Å². The first-order valence-electron chi connectivity index (χ1n) is 4.49. The summed E-state index contributed by atoms with van der Waals surface area (Å²) in [7, 11) is 0. The van der Waals surface area contributed by atoms with Crippen molar-refractivity contribution in [2.75, 3.05) is 0 Å². The van der Waals surface area contributed by atoms with Crippen molar-refractivity contribution < 1.29 is 0 Å². The van der Waals surface area contributed by atoms with E-state index in [1.807, 2.05) is 25.1 Å². The third-order valence-electron chi connectivity index (χ3n) is 1.79. The Labute approximate surface area is 84.9 Å². The van der Waals surface area contributed by atoms with E-state index in [4.69, 9.17) is 11.6 Å². The highest BCUT2D eigenvalue weighted by Crippen LogP contribution is 2.14. The molecule has 0 saturated heterocycles. The van der Waals surface area contributed by atoms with Crippen molar-refractivity contribution in [2.24, 2.45) is 0 Å². The predicted octanol–water partition coefficient (Wildman–Crippen LogP) is 3.80. The van der Waals surface area contributed by atoms with Crippen molar-refractivity contribution in [3.63, 3.8) is 0 Å². The summed E-state index contributed by atoms with van der Waals surface area (Å²) in [5.74, 6) is 6.25. The molecule has 0 atom stereocenters. The molecule has 1 rings (SSSR count). The Morgan fingerprint density at radius 1 is 1.38 bits per heavy atom. The van der Waals surface area contributed by atoms with Gasteiger partial charge in [0.15, 0.2) is 0 Å². The zero-order valence-corrected chi connectivity index (χ0v) is 8.78. The van der Waals surface area contributed by atoms with Crippen LogP contribution in [0.25, 0.3) is 0 Å². The normalized spacial score (nSPS) is 9.15. The summed E-state index contributed by atoms with van der Waals surface area (Å²) in [5.41, 5.74) is 2.23. The zero-order chi connectivity index (χ0) is 9.68. The average Bonchev–Trinajstić information content (AvgIpc) is 2.09. The quantitative estimate of drug-likeness (QED) is 0.594. The van der Waals surface area contributed by atoms with Crippen LogP contribution in [-0.2, 0) is 0 Å². The number of benzene rings is 1. The molecular weight excluding hydrogens is 180 g/mol. The van der Waals surface area contributed by atoms with Crippen LogP contribution in [-0.4, -0.2) is 0 Å². The SMILES string of the molecule is CCCC#Cc1ccc(Cl)cc1C. The van der Waals surface area contributed by atoms with E-state index in [9.17, 15) is 0 Å². The second-order valence-corrected chi connectivity index (χ2v) is 3.45. The molecule has 1 heteroatoms. The highest BCUT2D eigenvalue weighted by molar-refractivity contribution is 6.30. The molecule has 0 aliphatic rings. The minimum atomic E-state index is 0.776. The summed E-state index contributed by atoms with van der Waals surface area (Å²) < 4.78 is 0. The third-order valence-corrected chi connectivity index (χ3v) is 2.02. The summed E-state index contributed by atoms with van der Waals surface area (Å²) in [6.45, 7) is 4.16. The Morgan fingerprint density at radius 3 is 2.77 bits per heavy atom. The van der Waals surface area contributed by atoms with Gasteiger partial charge < -0.3 is 0 Å². The van der Waals surface area contributed by atoms with Crippen LogP contribution in [0, 0.1) is 18.8 Å². The molecular formula is C12H13Cl. The molecule has 0 nitrogen and oxygen atoms in total. The van der Waals surface area contributed by atoms with Gasteiger partial charge in [-0.1, -0.05) is 30.4 Å². The van der Waals surface area contributed by atoms with E-state index in [2.05, 4.69) is 18.8 Å². The molecule has 0 aliphatic heterocycles. The molecule has 1 aromatic rings. The molecule has 0 radical (unpaired) electrons. The standard InChI is InChI=1S/C12H13Cl/c1-3-4-5-6-11-7-8-12(13)9-10(11)2/h7-9H,3-4H2,1-2H3. The van der Waals surface area contributed by atoms with Gasteiger partial charge in [-0.15, -0.1) is 0 Å². The summed E-state index contributed by atoms with van der Waals surface area (Å²) in [4.78, 5) is 0. The molecule has 0 saturated carbocycles. The Balaban J connectivity index is 2.85. The lowest BCUT2D eigenvalue weighted by atomic mass is 10.1. The maximum atomic E-state index is 5.83. The summed E-state index contributed by atoms with van der Waals surface area (Å²) in [5, 5.41) is 0.776. The van der Waals surface area contributed by atoms with E-state index < -0.39 is 0 Å². The number of hydrogen-bond acceptors (Lipinski definition) is 0. The second kappa shape index (κ2) is 4.94. The van der Waals surface area contributed by atoms with Gasteiger partial charge in [-0.2, -0.15) is 0 Å². The van der Waals surface area contributed by atoms with Gasteiger partial charge in [0, 0.05) is 17.0 Å². The first-order chi connectivity index (χ1) is 6.24. The predicted molar refractivity (Wildman–Crippen MR) is 58.0 cm³/mol. The number of aryl methyl sites for hydroxylation is 1. The molecule has 0 aromatic heterocycles. The summed E-state index contributed by atoms with van der Waals surface area (Å²) >= 11 is 5.83. The minimum Gasteiger partial charge on any atom is -0.0979 e. The van der Waals surface area contributed by atoms with Gasteiger partial charge in [0.25, 0.3) is 0 Å². The number of rotatable bonds is 1. The fraction of sp³-hybridized carbons (Fsp3) is 0.333. The lowest BCUT2D eigenvalue weighted by Gasteiger charge is -1.97. The van der Waals surface area contributed by atoms with Crippen LogP contribution in [0.5, 0.6) is 0 Å². The largest absolute Gasteiger partial charge is 0.0979 e. The maximum absolute atomic E-state index is 5.83. The minimum absolute atomic E-state index is 0.776. The topological polar surface area (TPSA) is 0 Å². The number of halogens is 1. The second-order valence-electron chi connectivity index (χ2n) is 3.01. The van der Waals surface area contributed by atoms with Gasteiger partial charge in [-0.05, 0) is 37.1 Å². The lowest BCUT2D eigenvalue weighted by Crippen LogP contribution is -1.80. The van der Waals surface area contributed by atoms with Gasteiger partial charge >= 0.3 is 0 Å². The van der Waals surface area contributed by atoms with Crippen LogP contribution in [0.1, 0.15) is 30.9 Å². The van der Waals surface area contributed by atoms with Gasteiger partial charge in [0.2, 0.25) is 0 Å². The highest BCUT2D eigenvalue weighted by atomic mass is 35.5. The van der Waals surface area contributed by atoms with Crippen molar-refractivity contribution in [1.29, 1.82) is 0 Å². The van der Waals surface area contributed by atoms with Crippen LogP contribution in [0.4, 0.5) is 0 Å². The van der Waals surface area contributed by atoms with Gasteiger partial charge in [-0.25, -0.2) is 0 Å². The van der Waals surface area contributed by atoms with Crippen molar-refractivity contribution in [3.05, 3.63) is 34.3 Å². The van der Waals surface area contributed by atoms with E-state index in [0.29, 0.717) is 0 Å². The van der Waals surface area contributed by atoms with Crippen molar-refractivity contribution in [2.45, 2.75) is 26.7 Å². The Morgan fingerprint density at radius 2 is 2.15 bits per heavy atom. The van der Waals surface area contributed by atoms with Crippen LogP contribution in [0.15, 0.2) is 18.2 Å². The van der Waals surface area contributed by atoms with Crippen LogP contribution >= 0.6 is 11.6 Å². The molecule has 0 heterocycles. The van der Waals surface area contributed by atoms with E-state index in [0.717, 1.165) is 29.0 Å². The van der Waals surface area contributed by atoms with Crippen LogP contribution < -0.4 is 0 Å². The van der Waals surface area contributed by atoms with Crippen molar-refractivity contribution in [3.8, 4) is 11.8 Å². The van der Waals surface area contributed by atoms with Gasteiger partial charge in [-0.3, -0.25) is 0 Å². The molecule has 0 aliphatic carbocycles. The third kappa shape index (κ3) is 3.13. The number of unbranched alkanes of at least 4 members (excludes halogenated alkanes) is 1. The van der Waals surface area contributed by atoms with E-state index in [-0.39, 0.29) is 0 Å². The zero-order valence-electron chi connectivity index (χ0n) is 8.02. The molecule has 0 spiro atoms. The summed E-state index contributed by atoms with van der Waals surface area (Å²) in [6.07, 6.45) is 2.07. The molecule has 13 heavy (non-hydrogen) atoms. The van der Waals surface area contributed by atoms with Crippen LogP contribution in [0.3, 0.4) is 0 Å². The molecule has 0 amide bonds. The fourth-order valence-electron chi connectivity index (χ4n) is 1.05. The van der Waals surface area contributed by atoms with Crippen molar-refractivity contribution in [1.82, 2.24) is 0 Å². The molecule has 0 N–H and O–H groups in total. The Kier molecular flexibility index (Phi) is 3.86.